The number of furan rings is 1. The Morgan fingerprint density at radius 2 is 1.80 bits per heavy atom. The van der Waals surface area contributed by atoms with Crippen LogP contribution in [0.2, 0.25) is 0 Å². The summed E-state index contributed by atoms with van der Waals surface area (Å²) in [5.41, 5.74) is 1.29. The van der Waals surface area contributed by atoms with Crippen LogP contribution < -0.4 is 5.32 Å². The first kappa shape index (κ1) is 9.99. The minimum absolute atomic E-state index is 0.780. The molecule has 1 aromatic carbocycles. The molecule has 2 nitrogen and oxygen atoms in total. The molecule has 2 aromatic rings. The third-order valence-corrected chi connectivity index (χ3v) is 2.27. The summed E-state index contributed by atoms with van der Waals surface area (Å²) in [5, 5.41) is 3.34. The molecular weight excluding hydrogens is 186 g/mol. The van der Waals surface area contributed by atoms with Crippen molar-refractivity contribution in [1.29, 1.82) is 0 Å². The van der Waals surface area contributed by atoms with Crippen molar-refractivity contribution in [3.8, 4) is 0 Å². The molecule has 1 N–H and O–H groups in total. The van der Waals surface area contributed by atoms with E-state index in [4.69, 9.17) is 4.42 Å². The van der Waals surface area contributed by atoms with Gasteiger partial charge in [0.15, 0.2) is 0 Å². The third kappa shape index (κ3) is 2.96. The lowest BCUT2D eigenvalue weighted by Gasteiger charge is -2.02. The molecular formula is C13H15NO. The number of nitrogens with one attached hydrogen (secondary N) is 1. The first-order valence-corrected chi connectivity index (χ1v) is 5.14. The molecule has 2 rings (SSSR count). The van der Waals surface area contributed by atoms with Gasteiger partial charge in [-0.05, 0) is 24.6 Å². The van der Waals surface area contributed by atoms with Crippen molar-refractivity contribution < 1.29 is 4.42 Å². The Morgan fingerprint density at radius 3 is 2.47 bits per heavy atom. The zero-order valence-corrected chi connectivity index (χ0v) is 8.86. The molecule has 0 atom stereocenters. The van der Waals surface area contributed by atoms with Crippen molar-refractivity contribution in [2.45, 2.75) is 20.0 Å². The van der Waals surface area contributed by atoms with E-state index in [0.29, 0.717) is 0 Å². The van der Waals surface area contributed by atoms with E-state index in [2.05, 4.69) is 17.4 Å². The SMILES string of the molecule is Cc1ccc(CNCc2ccccc2)o1. The molecule has 1 heterocycles. The highest BCUT2D eigenvalue weighted by atomic mass is 16.3. The van der Waals surface area contributed by atoms with E-state index in [1.807, 2.05) is 37.3 Å². The first-order valence-electron chi connectivity index (χ1n) is 5.14. The van der Waals surface area contributed by atoms with Crippen molar-refractivity contribution in [2.75, 3.05) is 0 Å². The quantitative estimate of drug-likeness (QED) is 0.822. The Hall–Kier alpha value is -1.54. The summed E-state index contributed by atoms with van der Waals surface area (Å²) >= 11 is 0. The Kier molecular flexibility index (Phi) is 3.20. The molecule has 1 aromatic heterocycles. The predicted octanol–water partition coefficient (Wildman–Crippen LogP) is 2.88. The van der Waals surface area contributed by atoms with Gasteiger partial charge in [-0.3, -0.25) is 0 Å². The summed E-state index contributed by atoms with van der Waals surface area (Å²) in [5.74, 6) is 1.95. The fraction of sp³-hybridized carbons (Fsp3) is 0.231. The van der Waals surface area contributed by atoms with Gasteiger partial charge in [0.1, 0.15) is 11.5 Å². The average molecular weight is 201 g/mol. The average Bonchev–Trinajstić information content (AvgIpc) is 2.66. The van der Waals surface area contributed by atoms with Gasteiger partial charge >= 0.3 is 0 Å². The van der Waals surface area contributed by atoms with E-state index < -0.39 is 0 Å². The molecule has 0 aliphatic rings. The van der Waals surface area contributed by atoms with E-state index in [9.17, 15) is 0 Å². The normalized spacial score (nSPS) is 10.5. The Bertz CT molecular complexity index is 405. The summed E-state index contributed by atoms with van der Waals surface area (Å²) in [6, 6.07) is 14.3. The van der Waals surface area contributed by atoms with Crippen molar-refractivity contribution >= 4 is 0 Å². The number of benzene rings is 1. The minimum Gasteiger partial charge on any atom is -0.465 e. The highest BCUT2D eigenvalue weighted by Gasteiger charge is 1.97. The summed E-state index contributed by atoms with van der Waals surface area (Å²) in [6.45, 7) is 3.62. The zero-order chi connectivity index (χ0) is 10.5. The fourth-order valence-corrected chi connectivity index (χ4v) is 1.51. The second-order valence-corrected chi connectivity index (χ2v) is 3.60. The second kappa shape index (κ2) is 4.80. The summed E-state index contributed by atoms with van der Waals surface area (Å²) in [6.07, 6.45) is 0. The monoisotopic (exact) mass is 201 g/mol. The van der Waals surface area contributed by atoms with Crippen LogP contribution in [0, 0.1) is 6.92 Å². The van der Waals surface area contributed by atoms with Crippen LogP contribution in [0.15, 0.2) is 46.9 Å². The molecule has 0 bridgehead atoms. The number of aryl methyl sites for hydroxylation is 1. The molecule has 0 saturated heterocycles. The molecule has 0 saturated carbocycles. The third-order valence-electron chi connectivity index (χ3n) is 2.27. The van der Waals surface area contributed by atoms with Gasteiger partial charge in [0.25, 0.3) is 0 Å². The molecule has 0 radical (unpaired) electrons. The topological polar surface area (TPSA) is 25.2 Å². The smallest absolute Gasteiger partial charge is 0.117 e. The van der Waals surface area contributed by atoms with Crippen LogP contribution in [-0.2, 0) is 13.1 Å². The zero-order valence-electron chi connectivity index (χ0n) is 8.86. The van der Waals surface area contributed by atoms with E-state index in [0.717, 1.165) is 24.6 Å². The lowest BCUT2D eigenvalue weighted by Crippen LogP contribution is -2.11. The van der Waals surface area contributed by atoms with Gasteiger partial charge in [-0.15, -0.1) is 0 Å². The van der Waals surface area contributed by atoms with Gasteiger partial charge < -0.3 is 9.73 Å². The summed E-state index contributed by atoms with van der Waals surface area (Å²) in [7, 11) is 0. The molecule has 78 valence electrons. The van der Waals surface area contributed by atoms with E-state index in [1.54, 1.807) is 0 Å². The van der Waals surface area contributed by atoms with Crippen LogP contribution in [0.4, 0.5) is 0 Å². The molecule has 2 heteroatoms. The highest BCUT2D eigenvalue weighted by molar-refractivity contribution is 5.14. The lowest BCUT2D eigenvalue weighted by molar-refractivity contribution is 0.462. The van der Waals surface area contributed by atoms with Gasteiger partial charge in [0, 0.05) is 6.54 Å². The standard InChI is InChI=1S/C13H15NO/c1-11-7-8-13(15-11)10-14-9-12-5-3-2-4-6-12/h2-8,14H,9-10H2,1H3. The maximum atomic E-state index is 5.46. The second-order valence-electron chi connectivity index (χ2n) is 3.60. The van der Waals surface area contributed by atoms with E-state index >= 15 is 0 Å². The van der Waals surface area contributed by atoms with Gasteiger partial charge in [-0.25, -0.2) is 0 Å². The van der Waals surface area contributed by atoms with Crippen molar-refractivity contribution in [3.05, 3.63) is 59.5 Å². The number of hydrogen-bond donors (Lipinski definition) is 1. The lowest BCUT2D eigenvalue weighted by atomic mass is 10.2. The summed E-state index contributed by atoms with van der Waals surface area (Å²) in [4.78, 5) is 0. The van der Waals surface area contributed by atoms with Gasteiger partial charge in [0.05, 0.1) is 6.54 Å². The maximum Gasteiger partial charge on any atom is 0.117 e. The highest BCUT2D eigenvalue weighted by Crippen LogP contribution is 2.06. The first-order chi connectivity index (χ1) is 7.34. The molecule has 0 aliphatic carbocycles. The van der Waals surface area contributed by atoms with Crippen molar-refractivity contribution in [3.63, 3.8) is 0 Å². The number of rotatable bonds is 4. The minimum atomic E-state index is 0.780. The molecule has 0 unspecified atom stereocenters. The predicted molar refractivity (Wildman–Crippen MR) is 60.4 cm³/mol. The van der Waals surface area contributed by atoms with Crippen LogP contribution in [0.5, 0.6) is 0 Å². The van der Waals surface area contributed by atoms with Crippen LogP contribution in [0.25, 0.3) is 0 Å². The van der Waals surface area contributed by atoms with Crippen LogP contribution in [-0.4, -0.2) is 0 Å². The van der Waals surface area contributed by atoms with Crippen LogP contribution in [0.3, 0.4) is 0 Å². The molecule has 0 amide bonds. The van der Waals surface area contributed by atoms with Crippen LogP contribution in [0.1, 0.15) is 17.1 Å². The van der Waals surface area contributed by atoms with Gasteiger partial charge in [-0.2, -0.15) is 0 Å². The van der Waals surface area contributed by atoms with E-state index in [1.165, 1.54) is 5.56 Å². The fourth-order valence-electron chi connectivity index (χ4n) is 1.51. The van der Waals surface area contributed by atoms with Crippen LogP contribution >= 0.6 is 0 Å². The Morgan fingerprint density at radius 1 is 1.00 bits per heavy atom. The Balaban J connectivity index is 1.80. The largest absolute Gasteiger partial charge is 0.465 e. The van der Waals surface area contributed by atoms with Gasteiger partial charge in [0.2, 0.25) is 0 Å². The Labute approximate surface area is 89.9 Å². The molecule has 0 fully saturated rings. The van der Waals surface area contributed by atoms with Crippen molar-refractivity contribution in [1.82, 2.24) is 5.32 Å². The molecule has 15 heavy (non-hydrogen) atoms. The van der Waals surface area contributed by atoms with Crippen molar-refractivity contribution in [2.24, 2.45) is 0 Å². The van der Waals surface area contributed by atoms with E-state index in [-0.39, 0.29) is 0 Å². The van der Waals surface area contributed by atoms with Gasteiger partial charge in [-0.1, -0.05) is 30.3 Å². The molecule has 0 aliphatic heterocycles. The summed E-state index contributed by atoms with van der Waals surface area (Å²) < 4.78 is 5.46. The maximum absolute atomic E-state index is 5.46. The molecule has 0 spiro atoms. The number of hydrogen-bond acceptors (Lipinski definition) is 2.